The van der Waals surface area contributed by atoms with E-state index in [1.54, 1.807) is 44.2 Å². The molecule has 1 unspecified atom stereocenters. The van der Waals surface area contributed by atoms with Gasteiger partial charge >= 0.3 is 0 Å². The van der Waals surface area contributed by atoms with Crippen LogP contribution >= 0.6 is 0 Å². The van der Waals surface area contributed by atoms with Gasteiger partial charge in [-0.1, -0.05) is 6.07 Å². The third-order valence-corrected chi connectivity index (χ3v) is 5.31. The normalized spacial score (nSPS) is 15.2. The lowest BCUT2D eigenvalue weighted by atomic mass is 10.1. The fourth-order valence-corrected chi connectivity index (χ4v) is 3.53. The van der Waals surface area contributed by atoms with Crippen molar-refractivity contribution in [1.29, 1.82) is 0 Å². The van der Waals surface area contributed by atoms with Gasteiger partial charge in [-0.2, -0.15) is 0 Å². The molecule has 0 fully saturated rings. The van der Waals surface area contributed by atoms with Crippen LogP contribution in [0.3, 0.4) is 0 Å². The Morgan fingerprint density at radius 1 is 1.12 bits per heavy atom. The second-order valence-corrected chi connectivity index (χ2v) is 7.97. The van der Waals surface area contributed by atoms with Crippen molar-refractivity contribution >= 4 is 23.2 Å². The molecule has 8 heteroatoms. The number of rotatable bonds is 9. The van der Waals surface area contributed by atoms with Gasteiger partial charge in [0.15, 0.2) is 17.6 Å². The van der Waals surface area contributed by atoms with E-state index in [0.29, 0.717) is 48.0 Å². The SMILES string of the molecule is COc1ccc(CCC(=O)Nc2ccc3c(c2)N(CCN(C)C)C(=O)C(C)O3)cc1OC. The summed E-state index contributed by atoms with van der Waals surface area (Å²) in [6, 6.07) is 11.0. The number of benzene rings is 2. The van der Waals surface area contributed by atoms with Crippen molar-refractivity contribution < 1.29 is 23.8 Å². The number of anilines is 2. The maximum absolute atomic E-state index is 12.7. The average molecular weight is 442 g/mol. The quantitative estimate of drug-likeness (QED) is 0.645. The molecule has 32 heavy (non-hydrogen) atoms. The molecule has 0 aromatic heterocycles. The molecule has 1 heterocycles. The molecule has 2 aromatic rings. The molecule has 1 aliphatic rings. The highest BCUT2D eigenvalue weighted by Gasteiger charge is 2.31. The molecule has 2 aromatic carbocycles. The van der Waals surface area contributed by atoms with Crippen molar-refractivity contribution in [3.63, 3.8) is 0 Å². The third-order valence-electron chi connectivity index (χ3n) is 5.31. The molecule has 8 nitrogen and oxygen atoms in total. The van der Waals surface area contributed by atoms with E-state index in [1.165, 1.54) is 0 Å². The van der Waals surface area contributed by atoms with E-state index in [1.807, 2.05) is 37.2 Å². The summed E-state index contributed by atoms with van der Waals surface area (Å²) in [5.41, 5.74) is 2.28. The Bertz CT molecular complexity index is 976. The van der Waals surface area contributed by atoms with Gasteiger partial charge in [0.2, 0.25) is 5.91 Å². The van der Waals surface area contributed by atoms with Crippen LogP contribution in [-0.2, 0) is 16.0 Å². The van der Waals surface area contributed by atoms with Crippen LogP contribution in [0.2, 0.25) is 0 Å². The minimum absolute atomic E-state index is 0.0868. The molecule has 0 spiro atoms. The second kappa shape index (κ2) is 10.4. The number of nitrogens with one attached hydrogen (secondary N) is 1. The van der Waals surface area contributed by atoms with E-state index in [9.17, 15) is 9.59 Å². The van der Waals surface area contributed by atoms with Crippen molar-refractivity contribution in [3.8, 4) is 17.2 Å². The number of carbonyl (C=O) groups is 2. The standard InChI is InChI=1S/C24H31N3O5/c1-16-24(29)27(13-12-26(2)3)19-15-18(8-10-20(19)32-16)25-23(28)11-7-17-6-9-21(30-4)22(14-17)31-5/h6,8-10,14-16H,7,11-13H2,1-5H3,(H,25,28). The summed E-state index contributed by atoms with van der Waals surface area (Å²) in [5.74, 6) is 1.72. The molecule has 0 radical (unpaired) electrons. The Morgan fingerprint density at radius 3 is 2.56 bits per heavy atom. The molecule has 1 N–H and O–H groups in total. The van der Waals surface area contributed by atoms with Gasteiger partial charge in [-0.05, 0) is 63.3 Å². The van der Waals surface area contributed by atoms with Crippen LogP contribution in [0.1, 0.15) is 18.9 Å². The highest BCUT2D eigenvalue weighted by Crippen LogP contribution is 2.36. The van der Waals surface area contributed by atoms with E-state index in [4.69, 9.17) is 14.2 Å². The Balaban J connectivity index is 1.68. The zero-order valence-electron chi connectivity index (χ0n) is 19.3. The fraction of sp³-hybridized carbons (Fsp3) is 0.417. The minimum atomic E-state index is -0.536. The Morgan fingerprint density at radius 2 is 1.88 bits per heavy atom. The largest absolute Gasteiger partial charge is 0.493 e. The molecule has 0 bridgehead atoms. The van der Waals surface area contributed by atoms with Crippen molar-refractivity contribution in [2.24, 2.45) is 0 Å². The van der Waals surface area contributed by atoms with E-state index >= 15 is 0 Å². The maximum Gasteiger partial charge on any atom is 0.267 e. The van der Waals surface area contributed by atoms with E-state index in [-0.39, 0.29) is 11.8 Å². The first kappa shape index (κ1) is 23.4. The Labute approximate surface area is 189 Å². The topological polar surface area (TPSA) is 80.3 Å². The number of aryl methyl sites for hydroxylation is 1. The number of hydrogen-bond acceptors (Lipinski definition) is 6. The average Bonchev–Trinajstić information content (AvgIpc) is 2.78. The number of hydrogen-bond donors (Lipinski definition) is 1. The fourth-order valence-electron chi connectivity index (χ4n) is 3.53. The van der Waals surface area contributed by atoms with Gasteiger partial charge in [0.25, 0.3) is 5.91 Å². The van der Waals surface area contributed by atoms with Gasteiger partial charge in [-0.3, -0.25) is 9.59 Å². The molecule has 172 valence electrons. The Kier molecular flexibility index (Phi) is 7.58. The van der Waals surface area contributed by atoms with Crippen molar-refractivity contribution in [2.75, 3.05) is 51.6 Å². The summed E-state index contributed by atoms with van der Waals surface area (Å²) in [6.07, 6.45) is 0.334. The first-order valence-corrected chi connectivity index (χ1v) is 10.6. The predicted molar refractivity (Wildman–Crippen MR) is 124 cm³/mol. The molecule has 1 aliphatic heterocycles. The molecule has 1 atom stereocenters. The summed E-state index contributed by atoms with van der Waals surface area (Å²) < 4.78 is 16.3. The van der Waals surface area contributed by atoms with Crippen LogP contribution in [0, 0.1) is 0 Å². The number of likely N-dealkylation sites (N-methyl/N-ethyl adjacent to an activating group) is 1. The van der Waals surface area contributed by atoms with Crippen molar-refractivity contribution in [2.45, 2.75) is 25.9 Å². The molecular formula is C24H31N3O5. The van der Waals surface area contributed by atoms with Crippen molar-refractivity contribution in [3.05, 3.63) is 42.0 Å². The smallest absolute Gasteiger partial charge is 0.267 e. The van der Waals surface area contributed by atoms with Crippen LogP contribution in [0.25, 0.3) is 0 Å². The number of methoxy groups -OCH3 is 2. The van der Waals surface area contributed by atoms with Crippen molar-refractivity contribution in [1.82, 2.24) is 4.90 Å². The van der Waals surface area contributed by atoms with Crippen LogP contribution in [-0.4, -0.2) is 64.2 Å². The lowest BCUT2D eigenvalue weighted by molar-refractivity contribution is -0.125. The summed E-state index contributed by atoms with van der Waals surface area (Å²) in [6.45, 7) is 3.01. The van der Waals surface area contributed by atoms with Crippen LogP contribution in [0.5, 0.6) is 17.2 Å². The first-order valence-electron chi connectivity index (χ1n) is 10.6. The molecular weight excluding hydrogens is 410 g/mol. The van der Waals surface area contributed by atoms with Gasteiger partial charge in [0.05, 0.1) is 19.9 Å². The highest BCUT2D eigenvalue weighted by molar-refractivity contribution is 6.01. The predicted octanol–water partition coefficient (Wildman–Crippen LogP) is 2.95. The Hall–Kier alpha value is -3.26. The molecule has 0 saturated heterocycles. The lowest BCUT2D eigenvalue weighted by Gasteiger charge is -2.34. The lowest BCUT2D eigenvalue weighted by Crippen LogP contribution is -2.46. The second-order valence-electron chi connectivity index (χ2n) is 7.97. The summed E-state index contributed by atoms with van der Waals surface area (Å²) in [4.78, 5) is 29.0. The van der Waals surface area contributed by atoms with Gasteiger partial charge in [-0.25, -0.2) is 0 Å². The monoisotopic (exact) mass is 441 g/mol. The molecule has 2 amide bonds. The van der Waals surface area contributed by atoms with E-state index < -0.39 is 6.10 Å². The van der Waals surface area contributed by atoms with Crippen LogP contribution in [0.15, 0.2) is 36.4 Å². The van der Waals surface area contributed by atoms with Gasteiger partial charge in [0, 0.05) is 25.2 Å². The summed E-state index contributed by atoms with van der Waals surface area (Å²) in [7, 11) is 7.10. The van der Waals surface area contributed by atoms with Crippen LogP contribution in [0.4, 0.5) is 11.4 Å². The number of nitrogens with zero attached hydrogens (tertiary/aromatic N) is 2. The van der Waals surface area contributed by atoms with Crippen LogP contribution < -0.4 is 24.4 Å². The summed E-state index contributed by atoms with van der Waals surface area (Å²) >= 11 is 0. The molecule has 0 saturated carbocycles. The van der Waals surface area contributed by atoms with E-state index in [0.717, 1.165) is 12.1 Å². The van der Waals surface area contributed by atoms with Gasteiger partial charge in [-0.15, -0.1) is 0 Å². The number of amides is 2. The maximum atomic E-state index is 12.7. The zero-order chi connectivity index (χ0) is 23.3. The highest BCUT2D eigenvalue weighted by atomic mass is 16.5. The number of fused-ring (bicyclic) bond motifs is 1. The third kappa shape index (κ3) is 5.50. The number of carbonyl (C=O) groups excluding carboxylic acids is 2. The molecule has 3 rings (SSSR count). The van der Waals surface area contributed by atoms with E-state index in [2.05, 4.69) is 5.32 Å². The van der Waals surface area contributed by atoms with Gasteiger partial charge < -0.3 is 29.3 Å². The molecule has 0 aliphatic carbocycles. The summed E-state index contributed by atoms with van der Waals surface area (Å²) in [5, 5.41) is 2.93. The zero-order valence-corrected chi connectivity index (χ0v) is 19.3. The number of ether oxygens (including phenoxy) is 3. The minimum Gasteiger partial charge on any atom is -0.493 e. The first-order chi connectivity index (χ1) is 15.3. The van der Waals surface area contributed by atoms with Gasteiger partial charge in [0.1, 0.15) is 5.75 Å².